The zero-order valence-electron chi connectivity index (χ0n) is 11.7. The molecule has 3 N–H and O–H groups in total. The molecule has 1 aliphatic carbocycles. The third kappa shape index (κ3) is 4.40. The molecular weight excluding hydrogens is 359 g/mol. The van der Waals surface area contributed by atoms with E-state index in [1.807, 2.05) is 0 Å². The van der Waals surface area contributed by atoms with Crippen LogP contribution in [0.15, 0.2) is 21.5 Å². The van der Waals surface area contributed by atoms with Crippen LogP contribution in [0, 0.1) is 11.7 Å². The normalized spacial score (nSPS) is 16.5. The molecule has 21 heavy (non-hydrogen) atoms. The number of hydrogen-bond donors (Lipinski definition) is 2. The molecule has 0 amide bonds. The summed E-state index contributed by atoms with van der Waals surface area (Å²) in [5.74, 6) is 0.159. The van der Waals surface area contributed by atoms with E-state index < -0.39 is 15.8 Å². The number of halogens is 2. The number of nitrogens with two attached hydrogens (primary N) is 1. The number of nitrogen functional groups attached to an aromatic ring is 1. The number of nitrogens with one attached hydrogen (secondary N) is 1. The monoisotopic (exact) mass is 378 g/mol. The first-order valence-electron chi connectivity index (χ1n) is 7.14. The van der Waals surface area contributed by atoms with Crippen LogP contribution in [0.25, 0.3) is 0 Å². The molecule has 0 spiro atoms. The molecule has 4 nitrogen and oxygen atoms in total. The van der Waals surface area contributed by atoms with Gasteiger partial charge in [0.2, 0.25) is 10.0 Å². The van der Waals surface area contributed by atoms with Gasteiger partial charge in [-0.05, 0) is 46.8 Å². The first-order chi connectivity index (χ1) is 9.90. The van der Waals surface area contributed by atoms with Crippen molar-refractivity contribution < 1.29 is 12.8 Å². The van der Waals surface area contributed by atoms with E-state index in [4.69, 9.17) is 5.73 Å². The fourth-order valence-corrected chi connectivity index (χ4v) is 4.46. The summed E-state index contributed by atoms with van der Waals surface area (Å²) in [4.78, 5) is -0.0864. The average molecular weight is 379 g/mol. The van der Waals surface area contributed by atoms with Gasteiger partial charge in [0.1, 0.15) is 10.7 Å². The average Bonchev–Trinajstić information content (AvgIpc) is 2.92. The molecule has 1 fully saturated rings. The molecule has 0 heterocycles. The van der Waals surface area contributed by atoms with Gasteiger partial charge in [-0.1, -0.05) is 25.7 Å². The molecule has 0 radical (unpaired) electrons. The Morgan fingerprint density at radius 2 is 2.00 bits per heavy atom. The number of rotatable bonds is 6. The topological polar surface area (TPSA) is 72.2 Å². The predicted octanol–water partition coefficient (Wildman–Crippen LogP) is 3.42. The standard InChI is InChI=1S/C14H20BrFN2O2S/c15-11-8-14(13(17)9-12(11)16)21(19,20)18-7-3-6-10-4-1-2-5-10/h8-10,18H,1-7,17H2. The second-order valence-corrected chi connectivity index (χ2v) is 8.08. The van der Waals surface area contributed by atoms with Gasteiger partial charge >= 0.3 is 0 Å². The molecule has 0 saturated heterocycles. The Morgan fingerprint density at radius 3 is 2.67 bits per heavy atom. The van der Waals surface area contributed by atoms with Gasteiger partial charge in [-0.3, -0.25) is 0 Å². The van der Waals surface area contributed by atoms with Crippen molar-refractivity contribution in [2.45, 2.75) is 43.4 Å². The van der Waals surface area contributed by atoms with Crippen LogP contribution in [0.3, 0.4) is 0 Å². The number of hydrogen-bond acceptors (Lipinski definition) is 3. The Balaban J connectivity index is 1.93. The molecule has 0 aromatic heterocycles. The Hall–Kier alpha value is -0.660. The summed E-state index contributed by atoms with van der Waals surface area (Å²) in [5, 5.41) is 0. The molecule has 0 atom stereocenters. The smallest absolute Gasteiger partial charge is 0.242 e. The molecular formula is C14H20BrFN2O2S. The van der Waals surface area contributed by atoms with Crippen LogP contribution in [-0.4, -0.2) is 15.0 Å². The van der Waals surface area contributed by atoms with E-state index in [2.05, 4.69) is 20.7 Å². The minimum Gasteiger partial charge on any atom is -0.398 e. The van der Waals surface area contributed by atoms with E-state index >= 15 is 0 Å². The summed E-state index contributed by atoms with van der Waals surface area (Å²) >= 11 is 2.98. The highest BCUT2D eigenvalue weighted by Crippen LogP contribution is 2.29. The maximum Gasteiger partial charge on any atom is 0.242 e. The van der Waals surface area contributed by atoms with Crippen LogP contribution in [0.4, 0.5) is 10.1 Å². The first kappa shape index (κ1) is 16.7. The van der Waals surface area contributed by atoms with Crippen LogP contribution in [-0.2, 0) is 10.0 Å². The van der Waals surface area contributed by atoms with Gasteiger partial charge in [-0.15, -0.1) is 0 Å². The third-order valence-corrected chi connectivity index (χ3v) is 6.02. The summed E-state index contributed by atoms with van der Waals surface area (Å²) in [6, 6.07) is 2.21. The lowest BCUT2D eigenvalue weighted by Crippen LogP contribution is -2.26. The summed E-state index contributed by atoms with van der Waals surface area (Å²) in [6.45, 7) is 0.382. The van der Waals surface area contributed by atoms with Crippen molar-refractivity contribution in [2.75, 3.05) is 12.3 Å². The molecule has 1 aromatic carbocycles. The van der Waals surface area contributed by atoms with Crippen LogP contribution in [0.1, 0.15) is 38.5 Å². The molecule has 118 valence electrons. The lowest BCUT2D eigenvalue weighted by Gasteiger charge is -2.11. The van der Waals surface area contributed by atoms with Crippen LogP contribution in [0.5, 0.6) is 0 Å². The second-order valence-electron chi connectivity index (χ2n) is 5.49. The van der Waals surface area contributed by atoms with Gasteiger partial charge in [-0.2, -0.15) is 0 Å². The van der Waals surface area contributed by atoms with Crippen molar-refractivity contribution in [3.05, 3.63) is 22.4 Å². The van der Waals surface area contributed by atoms with Crippen molar-refractivity contribution in [1.29, 1.82) is 0 Å². The van der Waals surface area contributed by atoms with Crippen molar-refractivity contribution in [1.82, 2.24) is 4.72 Å². The highest BCUT2D eigenvalue weighted by atomic mass is 79.9. The van der Waals surface area contributed by atoms with E-state index in [1.54, 1.807) is 0 Å². The first-order valence-corrected chi connectivity index (χ1v) is 9.42. The predicted molar refractivity (Wildman–Crippen MR) is 84.9 cm³/mol. The highest BCUT2D eigenvalue weighted by Gasteiger charge is 2.20. The molecule has 0 bridgehead atoms. The molecule has 1 aliphatic rings. The minimum absolute atomic E-state index is 0.0843. The SMILES string of the molecule is Nc1cc(F)c(Br)cc1S(=O)(=O)NCCCC1CCCC1. The molecule has 0 aliphatic heterocycles. The molecule has 7 heteroatoms. The molecule has 1 saturated carbocycles. The summed E-state index contributed by atoms with van der Waals surface area (Å²) in [5.41, 5.74) is 5.52. The van der Waals surface area contributed by atoms with Crippen LogP contribution in [0.2, 0.25) is 0 Å². The molecule has 2 rings (SSSR count). The summed E-state index contributed by atoms with van der Waals surface area (Å²) < 4.78 is 40.3. The van der Waals surface area contributed by atoms with Gasteiger partial charge in [-0.25, -0.2) is 17.5 Å². The molecule has 0 unspecified atom stereocenters. The summed E-state index contributed by atoms with van der Waals surface area (Å²) in [6.07, 6.45) is 6.94. The van der Waals surface area contributed by atoms with Gasteiger partial charge in [0.05, 0.1) is 10.2 Å². The Kier molecular flexibility index (Phi) is 5.62. The van der Waals surface area contributed by atoms with E-state index in [0.29, 0.717) is 6.54 Å². The van der Waals surface area contributed by atoms with Gasteiger partial charge in [0.15, 0.2) is 0 Å². The fourth-order valence-electron chi connectivity index (χ4n) is 2.75. The van der Waals surface area contributed by atoms with Crippen molar-refractivity contribution in [3.63, 3.8) is 0 Å². The maximum absolute atomic E-state index is 13.3. The summed E-state index contributed by atoms with van der Waals surface area (Å²) in [7, 11) is -3.70. The fraction of sp³-hybridized carbons (Fsp3) is 0.571. The maximum atomic E-state index is 13.3. The van der Waals surface area contributed by atoms with Gasteiger partial charge in [0.25, 0.3) is 0 Å². The largest absolute Gasteiger partial charge is 0.398 e. The van der Waals surface area contributed by atoms with E-state index in [9.17, 15) is 12.8 Å². The van der Waals surface area contributed by atoms with Crippen molar-refractivity contribution in [2.24, 2.45) is 5.92 Å². The lowest BCUT2D eigenvalue weighted by atomic mass is 10.0. The number of anilines is 1. The quantitative estimate of drug-likeness (QED) is 0.588. The van der Waals surface area contributed by atoms with Crippen LogP contribution >= 0.6 is 15.9 Å². The van der Waals surface area contributed by atoms with Crippen molar-refractivity contribution in [3.8, 4) is 0 Å². The van der Waals surface area contributed by atoms with Gasteiger partial charge < -0.3 is 5.73 Å². The zero-order chi connectivity index (χ0) is 15.5. The zero-order valence-corrected chi connectivity index (χ0v) is 14.1. The number of sulfonamides is 1. The van der Waals surface area contributed by atoms with E-state index in [1.165, 1.54) is 31.7 Å². The van der Waals surface area contributed by atoms with Gasteiger partial charge in [0, 0.05) is 6.54 Å². The third-order valence-electron chi connectivity index (χ3n) is 3.90. The van der Waals surface area contributed by atoms with Crippen LogP contribution < -0.4 is 10.5 Å². The highest BCUT2D eigenvalue weighted by molar-refractivity contribution is 9.10. The lowest BCUT2D eigenvalue weighted by molar-refractivity contribution is 0.480. The second kappa shape index (κ2) is 7.07. The Bertz CT molecular complexity index is 601. The Labute approximate surface area is 133 Å². The van der Waals surface area contributed by atoms with E-state index in [-0.39, 0.29) is 15.1 Å². The molecule has 1 aromatic rings. The Morgan fingerprint density at radius 1 is 1.33 bits per heavy atom. The minimum atomic E-state index is -3.70. The number of benzene rings is 1. The van der Waals surface area contributed by atoms with Crippen molar-refractivity contribution >= 4 is 31.6 Å². The van der Waals surface area contributed by atoms with E-state index in [0.717, 1.165) is 24.8 Å².